The first-order chi connectivity index (χ1) is 11.2. The molecule has 1 aromatic heterocycles. The quantitative estimate of drug-likeness (QED) is 0.741. The highest BCUT2D eigenvalue weighted by Gasteiger charge is 2.05. The monoisotopic (exact) mass is 306 g/mol. The number of fused-ring (bicyclic) bond motifs is 1. The van der Waals surface area contributed by atoms with Crippen LogP contribution in [0, 0.1) is 0 Å². The Kier molecular flexibility index (Phi) is 4.24. The number of benzene rings is 2. The first-order valence-corrected chi connectivity index (χ1v) is 7.56. The Morgan fingerprint density at radius 3 is 2.78 bits per heavy atom. The molecular weight excluding hydrogens is 288 g/mol. The average Bonchev–Trinajstić information content (AvgIpc) is 2.57. The van der Waals surface area contributed by atoms with Gasteiger partial charge in [0.2, 0.25) is 0 Å². The van der Waals surface area contributed by atoms with Crippen molar-refractivity contribution in [2.45, 2.75) is 6.92 Å². The van der Waals surface area contributed by atoms with E-state index in [-0.39, 0.29) is 5.56 Å². The van der Waals surface area contributed by atoms with Gasteiger partial charge in [-0.25, -0.2) is 4.98 Å². The summed E-state index contributed by atoms with van der Waals surface area (Å²) in [5.41, 5.74) is 2.91. The lowest BCUT2D eigenvalue weighted by Gasteiger charge is -2.05. The zero-order valence-corrected chi connectivity index (χ0v) is 13.2. The maximum absolute atomic E-state index is 12.4. The van der Waals surface area contributed by atoms with E-state index in [1.165, 1.54) is 0 Å². The molecule has 0 unspecified atom stereocenters. The maximum Gasteiger partial charge on any atom is 0.276 e. The second-order valence-electron chi connectivity index (χ2n) is 5.19. The first-order valence-electron chi connectivity index (χ1n) is 7.56. The molecule has 0 aliphatic rings. The van der Waals surface area contributed by atoms with Crippen LogP contribution in [0.2, 0.25) is 0 Å². The van der Waals surface area contributed by atoms with Crippen molar-refractivity contribution in [3.63, 3.8) is 0 Å². The molecule has 0 saturated carbocycles. The molecule has 2 aromatic carbocycles. The molecule has 23 heavy (non-hydrogen) atoms. The number of ether oxygens (including phenoxy) is 1. The van der Waals surface area contributed by atoms with Crippen LogP contribution >= 0.6 is 0 Å². The van der Waals surface area contributed by atoms with Gasteiger partial charge in [-0.05, 0) is 42.8 Å². The molecule has 116 valence electrons. The van der Waals surface area contributed by atoms with Crippen LogP contribution in [-0.4, -0.2) is 16.2 Å². The highest BCUT2D eigenvalue weighted by atomic mass is 16.5. The SMILES string of the molecule is CCOc1cccc(C=Cc2nc3ccccc3n(C)c2=O)c1. The minimum absolute atomic E-state index is 0.110. The summed E-state index contributed by atoms with van der Waals surface area (Å²) in [6.45, 7) is 2.57. The van der Waals surface area contributed by atoms with Crippen LogP contribution in [0.1, 0.15) is 18.2 Å². The predicted molar refractivity (Wildman–Crippen MR) is 93.5 cm³/mol. The zero-order chi connectivity index (χ0) is 16.2. The summed E-state index contributed by atoms with van der Waals surface area (Å²) in [5, 5.41) is 0. The van der Waals surface area contributed by atoms with E-state index in [1.807, 2.05) is 61.5 Å². The van der Waals surface area contributed by atoms with Crippen molar-refractivity contribution < 1.29 is 4.74 Å². The van der Waals surface area contributed by atoms with E-state index in [2.05, 4.69) is 4.98 Å². The molecular formula is C19H18N2O2. The van der Waals surface area contributed by atoms with Gasteiger partial charge in [0, 0.05) is 7.05 Å². The molecule has 0 N–H and O–H groups in total. The van der Waals surface area contributed by atoms with Gasteiger partial charge in [-0.15, -0.1) is 0 Å². The number of aryl methyl sites for hydroxylation is 1. The molecule has 0 radical (unpaired) electrons. The molecule has 1 heterocycles. The fourth-order valence-corrected chi connectivity index (χ4v) is 2.46. The molecule has 0 amide bonds. The summed E-state index contributed by atoms with van der Waals surface area (Å²) in [6.07, 6.45) is 3.63. The minimum atomic E-state index is -0.110. The van der Waals surface area contributed by atoms with E-state index in [4.69, 9.17) is 4.74 Å². The molecule has 3 rings (SSSR count). The van der Waals surface area contributed by atoms with Gasteiger partial charge in [0.25, 0.3) is 5.56 Å². The largest absolute Gasteiger partial charge is 0.494 e. The first kappa shape index (κ1) is 15.0. The lowest BCUT2D eigenvalue weighted by atomic mass is 10.2. The third-order valence-corrected chi connectivity index (χ3v) is 3.61. The van der Waals surface area contributed by atoms with Crippen molar-refractivity contribution in [3.8, 4) is 5.75 Å². The highest BCUT2D eigenvalue weighted by molar-refractivity contribution is 5.77. The normalized spacial score (nSPS) is 11.2. The Balaban J connectivity index is 1.99. The predicted octanol–water partition coefficient (Wildman–Crippen LogP) is 3.50. The third-order valence-electron chi connectivity index (χ3n) is 3.61. The average molecular weight is 306 g/mol. The summed E-state index contributed by atoms with van der Waals surface area (Å²) >= 11 is 0. The molecule has 0 atom stereocenters. The van der Waals surface area contributed by atoms with E-state index in [0.29, 0.717) is 12.3 Å². The smallest absolute Gasteiger partial charge is 0.276 e. The lowest BCUT2D eigenvalue weighted by Crippen LogP contribution is -2.21. The van der Waals surface area contributed by atoms with Crippen LogP contribution in [0.5, 0.6) is 5.75 Å². The van der Waals surface area contributed by atoms with Crippen molar-refractivity contribution in [1.82, 2.24) is 9.55 Å². The second-order valence-corrected chi connectivity index (χ2v) is 5.19. The van der Waals surface area contributed by atoms with Crippen LogP contribution in [0.15, 0.2) is 53.3 Å². The molecule has 0 aliphatic carbocycles. The Labute approximate surface area is 134 Å². The van der Waals surface area contributed by atoms with Crippen LogP contribution in [0.25, 0.3) is 23.2 Å². The van der Waals surface area contributed by atoms with Gasteiger partial charge in [0.1, 0.15) is 11.4 Å². The summed E-state index contributed by atoms with van der Waals surface area (Å²) in [5.74, 6) is 0.814. The Hall–Kier alpha value is -2.88. The topological polar surface area (TPSA) is 44.1 Å². The minimum Gasteiger partial charge on any atom is -0.494 e. The lowest BCUT2D eigenvalue weighted by molar-refractivity contribution is 0.340. The van der Waals surface area contributed by atoms with Crippen molar-refractivity contribution in [2.75, 3.05) is 6.61 Å². The van der Waals surface area contributed by atoms with Crippen molar-refractivity contribution in [2.24, 2.45) is 7.05 Å². The standard InChI is InChI=1S/C19H18N2O2/c1-3-23-15-8-6-7-14(13-15)11-12-17-19(22)21(2)18-10-5-4-9-16(18)20-17/h4-13H,3H2,1-2H3. The van der Waals surface area contributed by atoms with E-state index >= 15 is 0 Å². The Morgan fingerprint density at radius 1 is 1.13 bits per heavy atom. The molecule has 0 aliphatic heterocycles. The molecule has 0 fully saturated rings. The van der Waals surface area contributed by atoms with Gasteiger partial charge in [-0.3, -0.25) is 4.79 Å². The number of aromatic nitrogens is 2. The van der Waals surface area contributed by atoms with Gasteiger partial charge in [0.05, 0.1) is 17.6 Å². The van der Waals surface area contributed by atoms with Gasteiger partial charge in [0.15, 0.2) is 0 Å². The third kappa shape index (κ3) is 3.16. The molecule has 4 nitrogen and oxygen atoms in total. The molecule has 0 saturated heterocycles. The van der Waals surface area contributed by atoms with E-state index in [0.717, 1.165) is 22.3 Å². The van der Waals surface area contributed by atoms with Crippen molar-refractivity contribution >= 4 is 23.2 Å². The second kappa shape index (κ2) is 6.48. The number of para-hydroxylation sites is 2. The summed E-state index contributed by atoms with van der Waals surface area (Å²) < 4.78 is 7.11. The summed E-state index contributed by atoms with van der Waals surface area (Å²) in [7, 11) is 1.76. The highest BCUT2D eigenvalue weighted by Crippen LogP contribution is 2.15. The number of hydrogen-bond acceptors (Lipinski definition) is 3. The van der Waals surface area contributed by atoms with E-state index in [1.54, 1.807) is 17.7 Å². The summed E-state index contributed by atoms with van der Waals surface area (Å²) in [6, 6.07) is 15.3. The van der Waals surface area contributed by atoms with Gasteiger partial charge in [-0.1, -0.05) is 30.3 Å². The summed E-state index contributed by atoms with van der Waals surface area (Å²) in [4.78, 5) is 16.9. The van der Waals surface area contributed by atoms with Gasteiger partial charge < -0.3 is 9.30 Å². The van der Waals surface area contributed by atoms with Crippen LogP contribution < -0.4 is 10.3 Å². The van der Waals surface area contributed by atoms with E-state index in [9.17, 15) is 4.79 Å². The van der Waals surface area contributed by atoms with Crippen LogP contribution in [-0.2, 0) is 7.05 Å². The molecule has 4 heteroatoms. The fourth-order valence-electron chi connectivity index (χ4n) is 2.46. The van der Waals surface area contributed by atoms with Crippen LogP contribution in [0.3, 0.4) is 0 Å². The maximum atomic E-state index is 12.4. The van der Waals surface area contributed by atoms with Gasteiger partial charge >= 0.3 is 0 Å². The molecule has 0 bridgehead atoms. The van der Waals surface area contributed by atoms with E-state index < -0.39 is 0 Å². The van der Waals surface area contributed by atoms with Gasteiger partial charge in [-0.2, -0.15) is 0 Å². The Bertz CT molecular complexity index is 926. The number of rotatable bonds is 4. The number of nitrogens with zero attached hydrogens (tertiary/aromatic N) is 2. The van der Waals surface area contributed by atoms with Crippen LogP contribution in [0.4, 0.5) is 0 Å². The number of hydrogen-bond donors (Lipinski definition) is 0. The fraction of sp³-hybridized carbons (Fsp3) is 0.158. The van der Waals surface area contributed by atoms with Crippen molar-refractivity contribution in [1.29, 1.82) is 0 Å². The molecule has 3 aromatic rings. The molecule has 0 spiro atoms. The zero-order valence-electron chi connectivity index (χ0n) is 13.2. The van der Waals surface area contributed by atoms with Crippen molar-refractivity contribution in [3.05, 3.63) is 70.1 Å². The Morgan fingerprint density at radius 2 is 1.96 bits per heavy atom.